The number of nitrogens with zero attached hydrogens (tertiary/aromatic N) is 3. The molecule has 0 aliphatic carbocycles. The Morgan fingerprint density at radius 1 is 1.27 bits per heavy atom. The van der Waals surface area contributed by atoms with E-state index in [0.717, 1.165) is 5.56 Å². The fraction of sp³-hybridized carbons (Fsp3) is 0.105. The molecule has 0 bridgehead atoms. The van der Waals surface area contributed by atoms with Gasteiger partial charge in [0.2, 0.25) is 0 Å². The Morgan fingerprint density at radius 3 is 2.96 bits per heavy atom. The standard InChI is InChI=1S/C19H15ClN4O2/c1-12-22-17-8-15(6-7-18(17)26-12)23-19(25)14-9-21-24(11-14)10-13-4-2-3-5-16(13)20/h2-9,11H,10H2,1H3,(H,23,25). The van der Waals surface area contributed by atoms with E-state index in [0.29, 0.717) is 39.8 Å². The van der Waals surface area contributed by atoms with Gasteiger partial charge in [0.1, 0.15) is 5.52 Å². The van der Waals surface area contributed by atoms with Crippen LogP contribution >= 0.6 is 11.6 Å². The van der Waals surface area contributed by atoms with Crippen LogP contribution in [0.2, 0.25) is 5.02 Å². The summed E-state index contributed by atoms with van der Waals surface area (Å²) < 4.78 is 7.11. The third-order valence-electron chi connectivity index (χ3n) is 3.94. The molecule has 130 valence electrons. The molecule has 0 aliphatic rings. The van der Waals surface area contributed by atoms with Gasteiger partial charge in [-0.25, -0.2) is 4.98 Å². The van der Waals surface area contributed by atoms with E-state index in [1.54, 1.807) is 36.0 Å². The first-order chi connectivity index (χ1) is 12.6. The summed E-state index contributed by atoms with van der Waals surface area (Å²) in [4.78, 5) is 16.7. The number of halogens is 1. The van der Waals surface area contributed by atoms with Gasteiger partial charge in [0.25, 0.3) is 5.91 Å². The molecule has 0 aliphatic heterocycles. The monoisotopic (exact) mass is 366 g/mol. The minimum absolute atomic E-state index is 0.241. The fourth-order valence-electron chi connectivity index (χ4n) is 2.69. The number of benzene rings is 2. The molecular weight excluding hydrogens is 352 g/mol. The second kappa shape index (κ2) is 6.65. The van der Waals surface area contributed by atoms with Crippen LogP contribution in [-0.4, -0.2) is 20.7 Å². The topological polar surface area (TPSA) is 73.0 Å². The number of fused-ring (bicyclic) bond motifs is 1. The number of rotatable bonds is 4. The first-order valence-corrected chi connectivity index (χ1v) is 8.41. The Kier molecular flexibility index (Phi) is 4.18. The highest BCUT2D eigenvalue weighted by Gasteiger charge is 2.11. The van der Waals surface area contributed by atoms with Crippen LogP contribution in [0.4, 0.5) is 5.69 Å². The summed E-state index contributed by atoms with van der Waals surface area (Å²) in [5.41, 5.74) is 3.45. The summed E-state index contributed by atoms with van der Waals surface area (Å²) in [6.45, 7) is 2.28. The molecule has 0 spiro atoms. The van der Waals surface area contributed by atoms with Gasteiger partial charge in [0, 0.05) is 23.8 Å². The van der Waals surface area contributed by atoms with Gasteiger partial charge in [-0.05, 0) is 29.8 Å². The van der Waals surface area contributed by atoms with Gasteiger partial charge in [0.05, 0.1) is 18.3 Å². The van der Waals surface area contributed by atoms with E-state index < -0.39 is 0 Å². The maximum absolute atomic E-state index is 12.5. The molecular formula is C19H15ClN4O2. The zero-order chi connectivity index (χ0) is 18.1. The van der Waals surface area contributed by atoms with Crippen molar-refractivity contribution in [3.05, 3.63) is 76.9 Å². The summed E-state index contributed by atoms with van der Waals surface area (Å²) in [5, 5.41) is 7.76. The lowest BCUT2D eigenvalue weighted by atomic mass is 10.2. The zero-order valence-electron chi connectivity index (χ0n) is 13.9. The first-order valence-electron chi connectivity index (χ1n) is 8.03. The van der Waals surface area contributed by atoms with Crippen molar-refractivity contribution in [2.24, 2.45) is 0 Å². The van der Waals surface area contributed by atoms with Gasteiger partial charge in [-0.3, -0.25) is 9.48 Å². The smallest absolute Gasteiger partial charge is 0.258 e. The van der Waals surface area contributed by atoms with Crippen molar-refractivity contribution in [2.75, 3.05) is 5.32 Å². The van der Waals surface area contributed by atoms with Gasteiger partial charge in [-0.2, -0.15) is 5.10 Å². The Bertz CT molecular complexity index is 1100. The number of oxazole rings is 1. The number of hydrogen-bond acceptors (Lipinski definition) is 4. The molecule has 2 aromatic carbocycles. The van der Waals surface area contributed by atoms with Crippen molar-refractivity contribution < 1.29 is 9.21 Å². The predicted octanol–water partition coefficient (Wildman–Crippen LogP) is 4.29. The highest BCUT2D eigenvalue weighted by atomic mass is 35.5. The van der Waals surface area contributed by atoms with Crippen LogP contribution in [0.3, 0.4) is 0 Å². The Balaban J connectivity index is 1.49. The molecule has 2 heterocycles. The maximum Gasteiger partial charge on any atom is 0.258 e. The highest BCUT2D eigenvalue weighted by molar-refractivity contribution is 6.31. The average Bonchev–Trinajstić information content (AvgIpc) is 3.22. The van der Waals surface area contributed by atoms with E-state index in [2.05, 4.69) is 15.4 Å². The van der Waals surface area contributed by atoms with Crippen LogP contribution in [0, 0.1) is 6.92 Å². The normalized spacial score (nSPS) is 11.0. The molecule has 0 saturated heterocycles. The molecule has 7 heteroatoms. The van der Waals surface area contributed by atoms with E-state index >= 15 is 0 Å². The zero-order valence-corrected chi connectivity index (χ0v) is 14.7. The molecule has 0 fully saturated rings. The number of amides is 1. The molecule has 0 atom stereocenters. The van der Waals surface area contributed by atoms with Crippen LogP contribution in [0.1, 0.15) is 21.8 Å². The van der Waals surface area contributed by atoms with Crippen molar-refractivity contribution in [3.8, 4) is 0 Å². The molecule has 1 N–H and O–H groups in total. The van der Waals surface area contributed by atoms with E-state index in [1.165, 1.54) is 6.20 Å². The van der Waals surface area contributed by atoms with Crippen LogP contribution < -0.4 is 5.32 Å². The van der Waals surface area contributed by atoms with Crippen molar-refractivity contribution in [2.45, 2.75) is 13.5 Å². The quantitative estimate of drug-likeness (QED) is 0.584. The third-order valence-corrected chi connectivity index (χ3v) is 4.31. The Morgan fingerprint density at radius 2 is 2.12 bits per heavy atom. The lowest BCUT2D eigenvalue weighted by Crippen LogP contribution is -2.11. The molecule has 26 heavy (non-hydrogen) atoms. The lowest BCUT2D eigenvalue weighted by Gasteiger charge is -2.04. The van der Waals surface area contributed by atoms with Gasteiger partial charge in [0.15, 0.2) is 11.5 Å². The Hall–Kier alpha value is -3.12. The van der Waals surface area contributed by atoms with Crippen molar-refractivity contribution in [1.29, 1.82) is 0 Å². The van der Waals surface area contributed by atoms with Crippen LogP contribution in [-0.2, 0) is 6.54 Å². The second-order valence-electron chi connectivity index (χ2n) is 5.89. The molecule has 2 aromatic heterocycles. The number of anilines is 1. The van der Waals surface area contributed by atoms with Gasteiger partial charge >= 0.3 is 0 Å². The number of aromatic nitrogens is 3. The molecule has 0 unspecified atom stereocenters. The number of hydrogen-bond donors (Lipinski definition) is 1. The Labute approximate surface area is 154 Å². The predicted molar refractivity (Wildman–Crippen MR) is 99.5 cm³/mol. The summed E-state index contributed by atoms with van der Waals surface area (Å²) in [7, 11) is 0. The molecule has 0 saturated carbocycles. The minimum Gasteiger partial charge on any atom is -0.441 e. The van der Waals surface area contributed by atoms with Crippen LogP contribution in [0.15, 0.2) is 59.3 Å². The fourth-order valence-corrected chi connectivity index (χ4v) is 2.89. The first kappa shape index (κ1) is 16.4. The highest BCUT2D eigenvalue weighted by Crippen LogP contribution is 2.20. The van der Waals surface area contributed by atoms with Gasteiger partial charge in [-0.15, -0.1) is 0 Å². The lowest BCUT2D eigenvalue weighted by molar-refractivity contribution is 0.102. The number of nitrogens with one attached hydrogen (secondary N) is 1. The van der Waals surface area contributed by atoms with Gasteiger partial charge in [-0.1, -0.05) is 29.8 Å². The SMILES string of the molecule is Cc1nc2cc(NC(=O)c3cnn(Cc4ccccc4Cl)c3)ccc2o1. The van der Waals surface area contributed by atoms with Crippen LogP contribution in [0.5, 0.6) is 0 Å². The van der Waals surface area contributed by atoms with Crippen molar-refractivity contribution >= 4 is 34.3 Å². The molecule has 4 rings (SSSR count). The summed E-state index contributed by atoms with van der Waals surface area (Å²) in [5.74, 6) is 0.347. The third kappa shape index (κ3) is 3.32. The average molecular weight is 367 g/mol. The molecule has 4 aromatic rings. The number of carbonyl (C=O) groups is 1. The largest absolute Gasteiger partial charge is 0.441 e. The van der Waals surface area contributed by atoms with Crippen molar-refractivity contribution in [1.82, 2.24) is 14.8 Å². The van der Waals surface area contributed by atoms with Crippen molar-refractivity contribution in [3.63, 3.8) is 0 Å². The summed E-state index contributed by atoms with van der Waals surface area (Å²) >= 11 is 6.17. The summed E-state index contributed by atoms with van der Waals surface area (Å²) in [6, 6.07) is 12.9. The molecule has 0 radical (unpaired) electrons. The summed E-state index contributed by atoms with van der Waals surface area (Å²) in [6.07, 6.45) is 3.22. The minimum atomic E-state index is -0.241. The molecule has 1 amide bonds. The van der Waals surface area contributed by atoms with E-state index in [4.69, 9.17) is 16.0 Å². The second-order valence-corrected chi connectivity index (χ2v) is 6.29. The number of aryl methyl sites for hydroxylation is 1. The van der Waals surface area contributed by atoms with E-state index in [9.17, 15) is 4.79 Å². The molecule has 6 nitrogen and oxygen atoms in total. The number of carbonyl (C=O) groups excluding carboxylic acids is 1. The van der Waals surface area contributed by atoms with Crippen LogP contribution in [0.25, 0.3) is 11.1 Å². The maximum atomic E-state index is 12.5. The van der Waals surface area contributed by atoms with E-state index in [-0.39, 0.29) is 5.91 Å². The van der Waals surface area contributed by atoms with E-state index in [1.807, 2.05) is 24.3 Å². The van der Waals surface area contributed by atoms with Gasteiger partial charge < -0.3 is 9.73 Å².